The number of rotatable bonds is 6. The Hall–Kier alpha value is -0.130. The lowest BCUT2D eigenvalue weighted by atomic mass is 9.86. The number of hydrogen-bond acceptors (Lipinski definition) is 3. The fourth-order valence-corrected chi connectivity index (χ4v) is 4.08. The van der Waals surface area contributed by atoms with E-state index in [4.69, 9.17) is 0 Å². The molecule has 4 nitrogen and oxygen atoms in total. The van der Waals surface area contributed by atoms with Gasteiger partial charge in [0.05, 0.1) is 11.9 Å². The van der Waals surface area contributed by atoms with Gasteiger partial charge in [-0.05, 0) is 24.7 Å². The zero-order valence-electron chi connectivity index (χ0n) is 11.8. The van der Waals surface area contributed by atoms with Crippen molar-refractivity contribution in [1.29, 1.82) is 0 Å². The summed E-state index contributed by atoms with van der Waals surface area (Å²) in [6.07, 6.45) is 4.44. The van der Waals surface area contributed by atoms with Crippen LogP contribution in [0.5, 0.6) is 0 Å². The standard InChI is InChI=1S/C13H27NO3S/c1-4-11(2)10-18(16,17)14(3)9-12-7-5-6-8-13(12)15/h11-13,15H,4-10H2,1-3H3. The Balaban J connectivity index is 2.55. The highest BCUT2D eigenvalue weighted by Gasteiger charge is 2.28. The molecule has 1 aliphatic rings. The SMILES string of the molecule is CCC(C)CS(=O)(=O)N(C)CC1CCCCC1O. The Morgan fingerprint density at radius 3 is 2.50 bits per heavy atom. The van der Waals surface area contributed by atoms with Crippen LogP contribution in [0.25, 0.3) is 0 Å². The van der Waals surface area contributed by atoms with Crippen molar-refractivity contribution in [3.63, 3.8) is 0 Å². The minimum atomic E-state index is -3.17. The summed E-state index contributed by atoms with van der Waals surface area (Å²) in [5.74, 6) is 0.507. The van der Waals surface area contributed by atoms with E-state index in [0.29, 0.717) is 6.54 Å². The first-order valence-corrected chi connectivity index (χ1v) is 8.59. The maximum atomic E-state index is 12.1. The van der Waals surface area contributed by atoms with Gasteiger partial charge in [-0.1, -0.05) is 33.1 Å². The van der Waals surface area contributed by atoms with Gasteiger partial charge in [-0.25, -0.2) is 12.7 Å². The van der Waals surface area contributed by atoms with Gasteiger partial charge in [0.25, 0.3) is 0 Å². The average Bonchev–Trinajstić information content (AvgIpc) is 2.31. The van der Waals surface area contributed by atoms with Crippen LogP contribution >= 0.6 is 0 Å². The predicted molar refractivity (Wildman–Crippen MR) is 73.8 cm³/mol. The Bertz CT molecular complexity index is 342. The zero-order valence-corrected chi connectivity index (χ0v) is 12.6. The van der Waals surface area contributed by atoms with Crippen LogP contribution in [0, 0.1) is 11.8 Å². The van der Waals surface area contributed by atoms with E-state index in [2.05, 4.69) is 0 Å². The van der Waals surface area contributed by atoms with Crippen molar-refractivity contribution < 1.29 is 13.5 Å². The van der Waals surface area contributed by atoms with E-state index in [-0.39, 0.29) is 23.7 Å². The first-order valence-electron chi connectivity index (χ1n) is 6.99. The number of nitrogens with zero attached hydrogens (tertiary/aromatic N) is 1. The van der Waals surface area contributed by atoms with E-state index in [1.54, 1.807) is 7.05 Å². The molecule has 0 aliphatic heterocycles. The Morgan fingerprint density at radius 2 is 1.94 bits per heavy atom. The largest absolute Gasteiger partial charge is 0.393 e. The molecule has 3 unspecified atom stereocenters. The van der Waals surface area contributed by atoms with Gasteiger partial charge in [0, 0.05) is 13.6 Å². The molecule has 18 heavy (non-hydrogen) atoms. The summed E-state index contributed by atoms with van der Waals surface area (Å²) in [5.41, 5.74) is 0. The van der Waals surface area contributed by atoms with Gasteiger partial charge >= 0.3 is 0 Å². The molecule has 0 aromatic carbocycles. The summed E-state index contributed by atoms with van der Waals surface area (Å²) in [7, 11) is -1.53. The van der Waals surface area contributed by atoms with E-state index < -0.39 is 10.0 Å². The molecule has 0 aromatic heterocycles. The first kappa shape index (κ1) is 15.9. The van der Waals surface area contributed by atoms with Crippen LogP contribution < -0.4 is 0 Å². The second kappa shape index (κ2) is 6.87. The van der Waals surface area contributed by atoms with E-state index in [9.17, 15) is 13.5 Å². The summed E-state index contributed by atoms with van der Waals surface area (Å²) >= 11 is 0. The Morgan fingerprint density at radius 1 is 1.33 bits per heavy atom. The van der Waals surface area contributed by atoms with Crippen molar-refractivity contribution >= 4 is 10.0 Å². The molecule has 1 N–H and O–H groups in total. The number of aliphatic hydroxyl groups is 1. The number of sulfonamides is 1. The minimum Gasteiger partial charge on any atom is -0.393 e. The van der Waals surface area contributed by atoms with Gasteiger partial charge in [-0.15, -0.1) is 0 Å². The monoisotopic (exact) mass is 277 g/mol. The van der Waals surface area contributed by atoms with E-state index in [0.717, 1.165) is 32.1 Å². The van der Waals surface area contributed by atoms with Crippen molar-refractivity contribution in [1.82, 2.24) is 4.31 Å². The van der Waals surface area contributed by atoms with Crippen molar-refractivity contribution in [2.75, 3.05) is 19.3 Å². The summed E-state index contributed by atoms with van der Waals surface area (Å²) in [4.78, 5) is 0. The molecular formula is C13H27NO3S. The van der Waals surface area contributed by atoms with Crippen LogP contribution in [0.15, 0.2) is 0 Å². The average molecular weight is 277 g/mol. The van der Waals surface area contributed by atoms with Crippen LogP contribution in [0.4, 0.5) is 0 Å². The van der Waals surface area contributed by atoms with Gasteiger partial charge in [-0.2, -0.15) is 0 Å². The molecule has 0 aromatic rings. The van der Waals surface area contributed by atoms with Gasteiger partial charge in [0.2, 0.25) is 10.0 Å². The smallest absolute Gasteiger partial charge is 0.214 e. The number of aliphatic hydroxyl groups excluding tert-OH is 1. The topological polar surface area (TPSA) is 57.6 Å². The fourth-order valence-electron chi connectivity index (χ4n) is 2.45. The lowest BCUT2D eigenvalue weighted by Gasteiger charge is -2.31. The third-order valence-electron chi connectivity index (χ3n) is 4.03. The molecule has 1 fully saturated rings. The van der Waals surface area contributed by atoms with E-state index in [1.165, 1.54) is 4.31 Å². The van der Waals surface area contributed by atoms with Crippen LogP contribution in [-0.2, 0) is 10.0 Å². The molecule has 0 heterocycles. The van der Waals surface area contributed by atoms with Crippen LogP contribution in [-0.4, -0.2) is 43.3 Å². The summed E-state index contributed by atoms with van der Waals surface area (Å²) in [6.45, 7) is 4.42. The molecule has 108 valence electrons. The van der Waals surface area contributed by atoms with Crippen LogP contribution in [0.2, 0.25) is 0 Å². The second-order valence-corrected chi connectivity index (χ2v) is 7.80. The first-order chi connectivity index (χ1) is 8.36. The molecule has 3 atom stereocenters. The Kier molecular flexibility index (Phi) is 6.08. The highest BCUT2D eigenvalue weighted by molar-refractivity contribution is 7.89. The summed E-state index contributed by atoms with van der Waals surface area (Å²) < 4.78 is 25.7. The molecule has 0 spiro atoms. The molecule has 1 aliphatic carbocycles. The molecule has 1 saturated carbocycles. The molecule has 0 bridgehead atoms. The van der Waals surface area contributed by atoms with Crippen molar-refractivity contribution in [2.45, 2.75) is 52.1 Å². The lowest BCUT2D eigenvalue weighted by Crippen LogP contribution is -2.39. The van der Waals surface area contributed by atoms with Crippen LogP contribution in [0.3, 0.4) is 0 Å². The van der Waals surface area contributed by atoms with Gasteiger partial charge in [-0.3, -0.25) is 0 Å². The van der Waals surface area contributed by atoms with Crippen molar-refractivity contribution in [2.24, 2.45) is 11.8 Å². The van der Waals surface area contributed by atoms with Gasteiger partial charge < -0.3 is 5.11 Å². The molecule has 0 saturated heterocycles. The van der Waals surface area contributed by atoms with E-state index >= 15 is 0 Å². The third-order valence-corrected chi connectivity index (χ3v) is 6.12. The third kappa shape index (κ3) is 4.52. The van der Waals surface area contributed by atoms with Crippen molar-refractivity contribution in [3.05, 3.63) is 0 Å². The molecule has 0 amide bonds. The molecular weight excluding hydrogens is 250 g/mol. The van der Waals surface area contributed by atoms with Gasteiger partial charge in [0.1, 0.15) is 0 Å². The molecule has 5 heteroatoms. The summed E-state index contributed by atoms with van der Waals surface area (Å²) in [5, 5.41) is 9.89. The lowest BCUT2D eigenvalue weighted by molar-refractivity contribution is 0.0620. The molecule has 1 rings (SSSR count). The molecule has 0 radical (unpaired) electrons. The summed E-state index contributed by atoms with van der Waals surface area (Å²) in [6, 6.07) is 0. The number of hydrogen-bond donors (Lipinski definition) is 1. The van der Waals surface area contributed by atoms with Gasteiger partial charge in [0.15, 0.2) is 0 Å². The van der Waals surface area contributed by atoms with Crippen LogP contribution in [0.1, 0.15) is 46.0 Å². The highest BCUT2D eigenvalue weighted by atomic mass is 32.2. The minimum absolute atomic E-state index is 0.107. The maximum absolute atomic E-state index is 12.1. The van der Waals surface area contributed by atoms with Crippen molar-refractivity contribution in [3.8, 4) is 0 Å². The zero-order chi connectivity index (χ0) is 13.8. The quantitative estimate of drug-likeness (QED) is 0.806. The fraction of sp³-hybridized carbons (Fsp3) is 1.00. The normalized spacial score (nSPS) is 27.4. The van der Waals surface area contributed by atoms with E-state index in [1.807, 2.05) is 13.8 Å². The highest BCUT2D eigenvalue weighted by Crippen LogP contribution is 2.25. The predicted octanol–water partition coefficient (Wildman–Crippen LogP) is 1.85. The second-order valence-electron chi connectivity index (χ2n) is 5.68. The Labute approximate surface area is 111 Å². The maximum Gasteiger partial charge on any atom is 0.214 e.